The predicted molar refractivity (Wildman–Crippen MR) is 77.3 cm³/mol. The van der Waals surface area contributed by atoms with Crippen LogP contribution >= 0.6 is 0 Å². The third-order valence-corrected chi connectivity index (χ3v) is 4.55. The predicted octanol–water partition coefficient (Wildman–Crippen LogP) is 3.30. The van der Waals surface area contributed by atoms with Crippen LogP contribution in [0.1, 0.15) is 50.7 Å². The highest BCUT2D eigenvalue weighted by atomic mass is 15.2. The number of hydrogen-bond donors (Lipinski definition) is 1. The van der Waals surface area contributed by atoms with Gasteiger partial charge in [0.2, 0.25) is 0 Å². The van der Waals surface area contributed by atoms with E-state index in [9.17, 15) is 0 Å². The Labute approximate surface area is 111 Å². The van der Waals surface area contributed by atoms with E-state index < -0.39 is 0 Å². The summed E-state index contributed by atoms with van der Waals surface area (Å²) < 4.78 is 0. The van der Waals surface area contributed by atoms with Gasteiger partial charge in [-0.25, -0.2) is 0 Å². The minimum absolute atomic E-state index is 0.203. The molecule has 2 heteroatoms. The topological polar surface area (TPSA) is 29.3 Å². The molecule has 2 N–H and O–H groups in total. The van der Waals surface area contributed by atoms with Gasteiger partial charge in [0.15, 0.2) is 0 Å². The highest BCUT2D eigenvalue weighted by Gasteiger charge is 2.36. The summed E-state index contributed by atoms with van der Waals surface area (Å²) in [7, 11) is 0. The SMILES string of the molecule is CCCCC(CC)(CN)N1Cc2ccccc2C1. The van der Waals surface area contributed by atoms with E-state index in [0.717, 1.165) is 26.1 Å². The van der Waals surface area contributed by atoms with Gasteiger partial charge in [-0.15, -0.1) is 0 Å². The monoisotopic (exact) mass is 246 g/mol. The minimum Gasteiger partial charge on any atom is -0.329 e. The molecule has 0 aromatic heterocycles. The molecule has 0 fully saturated rings. The van der Waals surface area contributed by atoms with E-state index in [4.69, 9.17) is 5.73 Å². The molecule has 1 aliphatic heterocycles. The Kier molecular flexibility index (Phi) is 4.41. The van der Waals surface area contributed by atoms with Gasteiger partial charge in [-0.3, -0.25) is 4.90 Å². The number of benzene rings is 1. The lowest BCUT2D eigenvalue weighted by Crippen LogP contribution is -2.51. The van der Waals surface area contributed by atoms with Crippen molar-refractivity contribution in [2.45, 2.75) is 58.2 Å². The van der Waals surface area contributed by atoms with E-state index in [0.29, 0.717) is 0 Å². The van der Waals surface area contributed by atoms with Gasteiger partial charge in [0.1, 0.15) is 0 Å². The lowest BCUT2D eigenvalue weighted by Gasteiger charge is -2.41. The van der Waals surface area contributed by atoms with E-state index >= 15 is 0 Å². The highest BCUT2D eigenvalue weighted by molar-refractivity contribution is 5.31. The van der Waals surface area contributed by atoms with Gasteiger partial charge in [-0.1, -0.05) is 51.0 Å². The first-order chi connectivity index (χ1) is 8.75. The summed E-state index contributed by atoms with van der Waals surface area (Å²) in [6, 6.07) is 8.80. The largest absolute Gasteiger partial charge is 0.329 e. The van der Waals surface area contributed by atoms with Gasteiger partial charge in [-0.05, 0) is 24.0 Å². The minimum atomic E-state index is 0.203. The Hall–Kier alpha value is -0.860. The van der Waals surface area contributed by atoms with Crippen molar-refractivity contribution in [1.82, 2.24) is 4.90 Å². The Morgan fingerprint density at radius 2 is 1.78 bits per heavy atom. The first-order valence-corrected chi connectivity index (χ1v) is 7.27. The Morgan fingerprint density at radius 1 is 1.17 bits per heavy atom. The molecular formula is C16H26N2. The van der Waals surface area contributed by atoms with Gasteiger partial charge in [0, 0.05) is 25.2 Å². The van der Waals surface area contributed by atoms with Crippen molar-refractivity contribution in [3.63, 3.8) is 0 Å². The Balaban J connectivity index is 2.15. The smallest absolute Gasteiger partial charge is 0.0336 e. The molecule has 100 valence electrons. The molecular weight excluding hydrogens is 220 g/mol. The number of fused-ring (bicyclic) bond motifs is 1. The molecule has 1 aromatic rings. The maximum atomic E-state index is 6.13. The third kappa shape index (κ3) is 2.45. The Morgan fingerprint density at radius 3 is 2.22 bits per heavy atom. The van der Waals surface area contributed by atoms with Crippen LogP contribution in [0.4, 0.5) is 0 Å². The number of unbranched alkanes of at least 4 members (excludes halogenated alkanes) is 1. The Bertz CT molecular complexity index is 357. The second kappa shape index (κ2) is 5.85. The zero-order chi connectivity index (χ0) is 13.0. The third-order valence-electron chi connectivity index (χ3n) is 4.55. The molecule has 1 unspecified atom stereocenters. The first kappa shape index (κ1) is 13.6. The standard InChI is InChI=1S/C16H26N2/c1-3-5-10-16(4-2,13-17)18-11-14-8-6-7-9-15(14)12-18/h6-9H,3-5,10-13,17H2,1-2H3. The molecule has 0 spiro atoms. The van der Waals surface area contributed by atoms with Gasteiger partial charge < -0.3 is 5.73 Å². The summed E-state index contributed by atoms with van der Waals surface area (Å²) in [5, 5.41) is 0. The summed E-state index contributed by atoms with van der Waals surface area (Å²) >= 11 is 0. The van der Waals surface area contributed by atoms with Crippen molar-refractivity contribution < 1.29 is 0 Å². The zero-order valence-electron chi connectivity index (χ0n) is 11.8. The van der Waals surface area contributed by atoms with Crippen molar-refractivity contribution in [2.75, 3.05) is 6.54 Å². The number of hydrogen-bond acceptors (Lipinski definition) is 2. The van der Waals surface area contributed by atoms with Crippen LogP contribution in [-0.2, 0) is 13.1 Å². The van der Waals surface area contributed by atoms with Crippen molar-refractivity contribution in [3.8, 4) is 0 Å². The molecule has 0 saturated carbocycles. The van der Waals surface area contributed by atoms with E-state index in [-0.39, 0.29) is 5.54 Å². The van der Waals surface area contributed by atoms with Crippen molar-refractivity contribution in [1.29, 1.82) is 0 Å². The molecule has 0 radical (unpaired) electrons. The molecule has 18 heavy (non-hydrogen) atoms. The molecule has 0 bridgehead atoms. The second-order valence-electron chi connectivity index (χ2n) is 5.51. The molecule has 1 atom stereocenters. The summed E-state index contributed by atoms with van der Waals surface area (Å²) in [4.78, 5) is 2.60. The molecule has 2 rings (SSSR count). The molecule has 2 nitrogen and oxygen atoms in total. The van der Waals surface area contributed by atoms with E-state index in [2.05, 4.69) is 43.0 Å². The lowest BCUT2D eigenvalue weighted by atomic mass is 9.88. The highest BCUT2D eigenvalue weighted by Crippen LogP contribution is 2.34. The fourth-order valence-electron chi connectivity index (χ4n) is 3.11. The number of nitrogens with two attached hydrogens (primary N) is 1. The van der Waals surface area contributed by atoms with E-state index in [1.165, 1.54) is 30.4 Å². The van der Waals surface area contributed by atoms with Gasteiger partial charge in [0.05, 0.1) is 0 Å². The normalized spacial score (nSPS) is 18.6. The van der Waals surface area contributed by atoms with E-state index in [1.807, 2.05) is 0 Å². The molecule has 1 heterocycles. The van der Waals surface area contributed by atoms with Crippen molar-refractivity contribution in [3.05, 3.63) is 35.4 Å². The van der Waals surface area contributed by atoms with Crippen LogP contribution in [0.15, 0.2) is 24.3 Å². The lowest BCUT2D eigenvalue weighted by molar-refractivity contribution is 0.0753. The molecule has 0 aliphatic carbocycles. The second-order valence-corrected chi connectivity index (χ2v) is 5.51. The number of nitrogens with zero attached hydrogens (tertiary/aromatic N) is 1. The summed E-state index contributed by atoms with van der Waals surface area (Å²) in [6.45, 7) is 7.47. The van der Waals surface area contributed by atoms with Crippen LogP contribution in [0.5, 0.6) is 0 Å². The van der Waals surface area contributed by atoms with E-state index in [1.54, 1.807) is 0 Å². The molecule has 1 aromatic carbocycles. The van der Waals surface area contributed by atoms with Crippen LogP contribution in [0, 0.1) is 0 Å². The summed E-state index contributed by atoms with van der Waals surface area (Å²) in [6.07, 6.45) is 4.91. The van der Waals surface area contributed by atoms with Crippen LogP contribution in [0.2, 0.25) is 0 Å². The maximum absolute atomic E-state index is 6.13. The molecule has 0 saturated heterocycles. The summed E-state index contributed by atoms with van der Waals surface area (Å²) in [5.41, 5.74) is 9.31. The van der Waals surface area contributed by atoms with Crippen LogP contribution in [0.3, 0.4) is 0 Å². The van der Waals surface area contributed by atoms with Gasteiger partial charge in [0.25, 0.3) is 0 Å². The van der Waals surface area contributed by atoms with Crippen LogP contribution in [-0.4, -0.2) is 17.0 Å². The summed E-state index contributed by atoms with van der Waals surface area (Å²) in [5.74, 6) is 0. The van der Waals surface area contributed by atoms with Gasteiger partial charge >= 0.3 is 0 Å². The van der Waals surface area contributed by atoms with Crippen LogP contribution < -0.4 is 5.73 Å². The van der Waals surface area contributed by atoms with Crippen molar-refractivity contribution >= 4 is 0 Å². The fraction of sp³-hybridized carbons (Fsp3) is 0.625. The fourth-order valence-corrected chi connectivity index (χ4v) is 3.11. The number of rotatable bonds is 6. The van der Waals surface area contributed by atoms with Crippen molar-refractivity contribution in [2.24, 2.45) is 5.73 Å². The van der Waals surface area contributed by atoms with Crippen LogP contribution in [0.25, 0.3) is 0 Å². The molecule has 0 amide bonds. The maximum Gasteiger partial charge on any atom is 0.0336 e. The average molecular weight is 246 g/mol. The average Bonchev–Trinajstić information content (AvgIpc) is 2.85. The molecule has 1 aliphatic rings. The van der Waals surface area contributed by atoms with Gasteiger partial charge in [-0.2, -0.15) is 0 Å². The quantitative estimate of drug-likeness (QED) is 0.834. The first-order valence-electron chi connectivity index (χ1n) is 7.27. The zero-order valence-corrected chi connectivity index (χ0v) is 11.8.